The molecule has 0 spiro atoms. The Balaban J connectivity index is 1.59. The van der Waals surface area contributed by atoms with Crippen LogP contribution in [0.4, 0.5) is 0 Å². The van der Waals surface area contributed by atoms with Crippen LogP contribution in [0.2, 0.25) is 0 Å². The molecular weight excluding hydrogens is 386 g/mol. The molecule has 4 heteroatoms. The molecule has 150 valence electrons. The van der Waals surface area contributed by atoms with E-state index in [1.807, 2.05) is 17.8 Å². The van der Waals surface area contributed by atoms with Gasteiger partial charge in [-0.1, -0.05) is 73.4 Å². The van der Waals surface area contributed by atoms with Crippen molar-refractivity contribution in [3.05, 3.63) is 99.4 Å². The van der Waals surface area contributed by atoms with Crippen molar-refractivity contribution in [2.75, 3.05) is 5.75 Å². The lowest BCUT2D eigenvalue weighted by Gasteiger charge is -2.19. The maximum absolute atomic E-state index is 5.05. The molecule has 5 rings (SSSR count). The number of allylic oxidation sites excluding steroid dienone is 7. The summed E-state index contributed by atoms with van der Waals surface area (Å²) >= 11 is 1.94. The average molecular weight is 412 g/mol. The van der Waals surface area contributed by atoms with Crippen molar-refractivity contribution in [1.29, 1.82) is 0 Å². The van der Waals surface area contributed by atoms with Crippen LogP contribution >= 0.6 is 11.8 Å². The van der Waals surface area contributed by atoms with Gasteiger partial charge in [-0.15, -0.1) is 11.8 Å². The maximum Gasteiger partial charge on any atom is 0.157 e. The zero-order valence-electron chi connectivity index (χ0n) is 17.0. The molecule has 0 bridgehead atoms. The number of benzene rings is 1. The van der Waals surface area contributed by atoms with Gasteiger partial charge in [-0.25, -0.2) is 4.98 Å². The van der Waals surface area contributed by atoms with Crippen molar-refractivity contribution in [2.24, 2.45) is 0 Å². The number of hydrogen-bond donors (Lipinski definition) is 1. The molecule has 3 aliphatic rings. The second-order valence-electron chi connectivity index (χ2n) is 7.68. The summed E-state index contributed by atoms with van der Waals surface area (Å²) in [5.74, 6) is 1.18. The van der Waals surface area contributed by atoms with Crippen LogP contribution < -0.4 is 16.1 Å². The van der Waals surface area contributed by atoms with Gasteiger partial charge in [0.2, 0.25) is 0 Å². The third-order valence-electron chi connectivity index (χ3n) is 5.54. The number of rotatable bonds is 5. The fraction of sp³-hybridized carbons (Fsp3) is 0.192. The quantitative estimate of drug-likeness (QED) is 0.793. The largest absolute Gasteiger partial charge is 0.354 e. The van der Waals surface area contributed by atoms with E-state index in [4.69, 9.17) is 4.98 Å². The van der Waals surface area contributed by atoms with E-state index in [0.29, 0.717) is 0 Å². The summed E-state index contributed by atoms with van der Waals surface area (Å²) in [5.41, 5.74) is 6.68. The second-order valence-corrected chi connectivity index (χ2v) is 8.90. The molecule has 3 heterocycles. The lowest BCUT2D eigenvalue weighted by atomic mass is 10.1. The lowest BCUT2D eigenvalue weighted by molar-refractivity contribution is 0.945. The summed E-state index contributed by atoms with van der Waals surface area (Å²) in [6.07, 6.45) is 19.2. The third-order valence-corrected chi connectivity index (χ3v) is 6.66. The number of hydrogen-bond acceptors (Lipinski definition) is 3. The SMILES string of the molecule is C=c1c(CC2=CCCS2)nc2n1C=C(c1ccccc1)NC=2CC1=CC=CCC=C1. The highest BCUT2D eigenvalue weighted by molar-refractivity contribution is 8.03. The Morgan fingerprint density at radius 3 is 2.87 bits per heavy atom. The minimum Gasteiger partial charge on any atom is -0.354 e. The molecule has 0 radical (unpaired) electrons. The maximum atomic E-state index is 5.05. The van der Waals surface area contributed by atoms with Crippen LogP contribution in [0, 0.1) is 0 Å². The van der Waals surface area contributed by atoms with Gasteiger partial charge in [0, 0.05) is 24.8 Å². The van der Waals surface area contributed by atoms with Crippen molar-refractivity contribution >= 4 is 35.9 Å². The highest BCUT2D eigenvalue weighted by Crippen LogP contribution is 2.27. The minimum absolute atomic E-state index is 0.804. The monoisotopic (exact) mass is 411 g/mol. The Kier molecular flexibility index (Phi) is 5.33. The number of nitrogens with zero attached hydrogens (tertiary/aromatic N) is 2. The molecule has 1 N–H and O–H groups in total. The van der Waals surface area contributed by atoms with Crippen LogP contribution in [-0.2, 0) is 6.42 Å². The summed E-state index contributed by atoms with van der Waals surface area (Å²) in [6, 6.07) is 10.5. The van der Waals surface area contributed by atoms with E-state index in [-0.39, 0.29) is 0 Å². The molecule has 3 nitrogen and oxygen atoms in total. The second kappa shape index (κ2) is 8.41. The van der Waals surface area contributed by atoms with Crippen LogP contribution in [0.15, 0.2) is 77.3 Å². The smallest absolute Gasteiger partial charge is 0.157 e. The number of aromatic nitrogens is 2. The minimum atomic E-state index is 0.804. The van der Waals surface area contributed by atoms with Gasteiger partial charge in [-0.2, -0.15) is 0 Å². The van der Waals surface area contributed by atoms with Crippen LogP contribution in [-0.4, -0.2) is 15.3 Å². The zero-order valence-corrected chi connectivity index (χ0v) is 17.8. The molecule has 2 aliphatic heterocycles. The predicted octanol–water partition coefficient (Wildman–Crippen LogP) is 4.36. The number of thioether (sulfide) groups is 1. The van der Waals surface area contributed by atoms with Gasteiger partial charge >= 0.3 is 0 Å². The first kappa shape index (κ1) is 19.0. The van der Waals surface area contributed by atoms with Crippen LogP contribution in [0.1, 0.15) is 30.5 Å². The first-order valence-electron chi connectivity index (χ1n) is 10.5. The van der Waals surface area contributed by atoms with E-state index in [9.17, 15) is 0 Å². The normalized spacial score (nSPS) is 17.7. The Hall–Kier alpha value is -2.98. The van der Waals surface area contributed by atoms with Crippen molar-refractivity contribution < 1.29 is 0 Å². The van der Waals surface area contributed by atoms with Crippen LogP contribution in [0.25, 0.3) is 24.2 Å². The van der Waals surface area contributed by atoms with Crippen LogP contribution in [0.5, 0.6) is 0 Å². The molecular formula is C26H25N3S. The van der Waals surface area contributed by atoms with E-state index >= 15 is 0 Å². The molecule has 0 fully saturated rings. The van der Waals surface area contributed by atoms with Crippen molar-refractivity contribution in [3.63, 3.8) is 0 Å². The lowest BCUT2D eigenvalue weighted by Crippen LogP contribution is -2.34. The number of imidazole rings is 1. The predicted molar refractivity (Wildman–Crippen MR) is 129 cm³/mol. The molecule has 0 saturated heterocycles. The van der Waals surface area contributed by atoms with Gasteiger partial charge in [-0.3, -0.25) is 4.57 Å². The average Bonchev–Trinajstić information content (AvgIpc) is 3.30. The standard InChI is InChI=1S/C26H25N3S/c1-19-23(17-22-14-9-15-30-22)28-26-24(16-20-10-5-2-3-6-11-20)27-25(18-29(19)26)21-12-7-4-8-13-21/h2,4-8,10-14,18,27H,1,3,9,15-17H2. The molecule has 2 aromatic rings. The third kappa shape index (κ3) is 3.88. The van der Waals surface area contributed by atoms with Gasteiger partial charge in [0.25, 0.3) is 0 Å². The van der Waals surface area contributed by atoms with Crippen molar-refractivity contribution in [2.45, 2.75) is 25.7 Å². The molecule has 0 saturated carbocycles. The zero-order chi connectivity index (χ0) is 20.3. The molecule has 1 aliphatic carbocycles. The van der Waals surface area contributed by atoms with Crippen LogP contribution in [0.3, 0.4) is 0 Å². The fourth-order valence-corrected chi connectivity index (χ4v) is 4.95. The Morgan fingerprint density at radius 1 is 1.13 bits per heavy atom. The van der Waals surface area contributed by atoms with E-state index < -0.39 is 0 Å². The Morgan fingerprint density at radius 2 is 2.03 bits per heavy atom. The summed E-state index contributed by atoms with van der Waals surface area (Å²) < 4.78 is 2.17. The van der Waals surface area contributed by atoms with Gasteiger partial charge in [0.15, 0.2) is 5.48 Å². The van der Waals surface area contributed by atoms with Gasteiger partial charge < -0.3 is 5.32 Å². The summed E-state index contributed by atoms with van der Waals surface area (Å²) in [7, 11) is 0. The molecule has 0 amide bonds. The summed E-state index contributed by atoms with van der Waals surface area (Å²) in [5, 5.41) is 4.66. The van der Waals surface area contributed by atoms with Gasteiger partial charge in [-0.05, 0) is 28.9 Å². The molecule has 30 heavy (non-hydrogen) atoms. The summed E-state index contributed by atoms with van der Waals surface area (Å²) in [6.45, 7) is 4.40. The van der Waals surface area contributed by atoms with E-state index in [1.165, 1.54) is 16.2 Å². The van der Waals surface area contributed by atoms with Crippen molar-refractivity contribution in [1.82, 2.24) is 14.9 Å². The first-order valence-corrected chi connectivity index (χ1v) is 11.4. The van der Waals surface area contributed by atoms with Crippen molar-refractivity contribution in [3.8, 4) is 0 Å². The highest BCUT2D eigenvalue weighted by Gasteiger charge is 2.18. The molecule has 0 atom stereocenters. The van der Waals surface area contributed by atoms with Gasteiger partial charge in [0.05, 0.1) is 22.4 Å². The van der Waals surface area contributed by atoms with Gasteiger partial charge in [0.1, 0.15) is 0 Å². The molecule has 1 aromatic carbocycles. The number of fused-ring (bicyclic) bond motifs is 1. The molecule has 1 aromatic heterocycles. The Labute approximate surface area is 181 Å². The Bertz CT molecular complexity index is 1220. The molecule has 0 unspecified atom stereocenters. The van der Waals surface area contributed by atoms with E-state index in [0.717, 1.165) is 59.2 Å². The van der Waals surface area contributed by atoms with E-state index in [1.54, 1.807) is 0 Å². The fourth-order valence-electron chi connectivity index (χ4n) is 3.98. The highest BCUT2D eigenvalue weighted by atomic mass is 32.2. The summed E-state index contributed by atoms with van der Waals surface area (Å²) in [4.78, 5) is 6.46. The number of nitrogens with one attached hydrogen (secondary N) is 1. The topological polar surface area (TPSA) is 29.9 Å². The van der Waals surface area contributed by atoms with E-state index in [2.05, 4.69) is 83.4 Å². The first-order chi connectivity index (χ1) is 14.8.